The molecule has 6 heteroatoms. The molecule has 0 saturated carbocycles. The average molecular weight is 271 g/mol. The number of carbonyl (C=O) groups is 1. The SMILES string of the molecule is CCc1nsc(NC(C)CCCC(C)C(=O)O)n1. The molecule has 0 bridgehead atoms. The number of aromatic nitrogens is 2. The second kappa shape index (κ2) is 7.31. The lowest BCUT2D eigenvalue weighted by molar-refractivity contribution is -0.141. The number of aryl methyl sites for hydroxylation is 1. The minimum absolute atomic E-state index is 0.259. The summed E-state index contributed by atoms with van der Waals surface area (Å²) in [5.41, 5.74) is 0. The van der Waals surface area contributed by atoms with Crippen molar-refractivity contribution in [2.75, 3.05) is 5.32 Å². The zero-order chi connectivity index (χ0) is 13.5. The fraction of sp³-hybridized carbons (Fsp3) is 0.750. The number of carboxylic acid groups (broad SMARTS) is 1. The van der Waals surface area contributed by atoms with E-state index in [1.54, 1.807) is 6.92 Å². The third-order valence-corrected chi connectivity index (χ3v) is 3.53. The number of hydrogen-bond acceptors (Lipinski definition) is 5. The van der Waals surface area contributed by atoms with E-state index >= 15 is 0 Å². The summed E-state index contributed by atoms with van der Waals surface area (Å²) in [6.45, 7) is 5.86. The Bertz CT molecular complexity index is 381. The molecule has 18 heavy (non-hydrogen) atoms. The zero-order valence-corrected chi connectivity index (χ0v) is 12.0. The Balaban J connectivity index is 2.25. The molecular formula is C12H21N3O2S. The van der Waals surface area contributed by atoms with Crippen LogP contribution >= 0.6 is 11.5 Å². The van der Waals surface area contributed by atoms with Crippen molar-refractivity contribution in [1.29, 1.82) is 0 Å². The molecule has 1 rings (SSSR count). The van der Waals surface area contributed by atoms with Crippen molar-refractivity contribution in [3.8, 4) is 0 Å². The van der Waals surface area contributed by atoms with Gasteiger partial charge in [-0.25, -0.2) is 4.98 Å². The van der Waals surface area contributed by atoms with E-state index in [2.05, 4.69) is 21.6 Å². The molecule has 2 unspecified atom stereocenters. The molecule has 5 nitrogen and oxygen atoms in total. The van der Waals surface area contributed by atoms with E-state index < -0.39 is 5.97 Å². The molecule has 2 atom stereocenters. The van der Waals surface area contributed by atoms with Crippen molar-refractivity contribution in [2.24, 2.45) is 5.92 Å². The van der Waals surface area contributed by atoms with Crippen LogP contribution < -0.4 is 5.32 Å². The van der Waals surface area contributed by atoms with Crippen molar-refractivity contribution in [3.05, 3.63) is 5.82 Å². The molecule has 1 aromatic heterocycles. The minimum Gasteiger partial charge on any atom is -0.481 e. The van der Waals surface area contributed by atoms with Crippen molar-refractivity contribution in [1.82, 2.24) is 9.36 Å². The molecule has 1 heterocycles. The van der Waals surface area contributed by atoms with Crippen molar-refractivity contribution in [3.63, 3.8) is 0 Å². The highest BCUT2D eigenvalue weighted by molar-refractivity contribution is 7.09. The number of hydrogen-bond donors (Lipinski definition) is 2. The van der Waals surface area contributed by atoms with Crippen LogP contribution in [-0.2, 0) is 11.2 Å². The average Bonchev–Trinajstić information content (AvgIpc) is 2.76. The Labute approximate surface area is 112 Å². The fourth-order valence-corrected chi connectivity index (χ4v) is 2.35. The lowest BCUT2D eigenvalue weighted by Gasteiger charge is -2.13. The summed E-state index contributed by atoms with van der Waals surface area (Å²) in [7, 11) is 0. The van der Waals surface area contributed by atoms with Gasteiger partial charge in [0.05, 0.1) is 5.92 Å². The fourth-order valence-electron chi connectivity index (χ4n) is 1.59. The van der Waals surface area contributed by atoms with Gasteiger partial charge < -0.3 is 10.4 Å². The van der Waals surface area contributed by atoms with E-state index in [1.807, 2.05) is 6.92 Å². The lowest BCUT2D eigenvalue weighted by atomic mass is 10.0. The first kappa shape index (κ1) is 14.9. The molecular weight excluding hydrogens is 250 g/mol. The van der Waals surface area contributed by atoms with Crippen LogP contribution in [-0.4, -0.2) is 26.5 Å². The number of aliphatic carboxylic acids is 1. The van der Waals surface area contributed by atoms with E-state index in [9.17, 15) is 4.79 Å². The molecule has 0 spiro atoms. The minimum atomic E-state index is -0.715. The van der Waals surface area contributed by atoms with Gasteiger partial charge in [0, 0.05) is 24.0 Å². The zero-order valence-electron chi connectivity index (χ0n) is 11.1. The van der Waals surface area contributed by atoms with Gasteiger partial charge in [0.1, 0.15) is 5.82 Å². The predicted molar refractivity (Wildman–Crippen MR) is 73.0 cm³/mol. The molecule has 0 aliphatic carbocycles. The maximum absolute atomic E-state index is 10.7. The maximum atomic E-state index is 10.7. The molecule has 0 fully saturated rings. The maximum Gasteiger partial charge on any atom is 0.306 e. The van der Waals surface area contributed by atoms with Crippen LogP contribution in [0.4, 0.5) is 5.13 Å². The number of carboxylic acids is 1. The van der Waals surface area contributed by atoms with E-state index in [0.29, 0.717) is 6.04 Å². The highest BCUT2D eigenvalue weighted by atomic mass is 32.1. The molecule has 0 aromatic carbocycles. The summed E-state index contributed by atoms with van der Waals surface area (Å²) in [6, 6.07) is 0.295. The second-order valence-corrected chi connectivity index (χ2v) is 5.34. The van der Waals surface area contributed by atoms with Crippen LogP contribution in [0.3, 0.4) is 0 Å². The van der Waals surface area contributed by atoms with E-state index in [4.69, 9.17) is 5.11 Å². The van der Waals surface area contributed by atoms with E-state index in [0.717, 1.165) is 36.6 Å². The summed E-state index contributed by atoms with van der Waals surface area (Å²) in [5, 5.41) is 12.9. The molecule has 2 N–H and O–H groups in total. The largest absolute Gasteiger partial charge is 0.481 e. The molecule has 0 radical (unpaired) electrons. The third kappa shape index (κ3) is 5.00. The van der Waals surface area contributed by atoms with Crippen LogP contribution in [0.15, 0.2) is 0 Å². The number of anilines is 1. The van der Waals surface area contributed by atoms with Crippen LogP contribution in [0.2, 0.25) is 0 Å². The first-order valence-electron chi connectivity index (χ1n) is 6.34. The Morgan fingerprint density at radius 1 is 1.44 bits per heavy atom. The lowest BCUT2D eigenvalue weighted by Crippen LogP contribution is -2.16. The van der Waals surface area contributed by atoms with Gasteiger partial charge in [-0.05, 0) is 19.8 Å². The Kier molecular flexibility index (Phi) is 6.04. The summed E-state index contributed by atoms with van der Waals surface area (Å²) in [6.07, 6.45) is 3.42. The normalized spacial score (nSPS) is 14.2. The van der Waals surface area contributed by atoms with Gasteiger partial charge in [-0.1, -0.05) is 20.3 Å². The van der Waals surface area contributed by atoms with Gasteiger partial charge in [0.15, 0.2) is 0 Å². The monoisotopic (exact) mass is 271 g/mol. The number of rotatable bonds is 8. The van der Waals surface area contributed by atoms with Crippen LogP contribution in [0, 0.1) is 5.92 Å². The molecule has 0 aliphatic rings. The summed E-state index contributed by atoms with van der Waals surface area (Å²) in [4.78, 5) is 15.0. The highest BCUT2D eigenvalue weighted by Crippen LogP contribution is 2.16. The molecule has 0 saturated heterocycles. The highest BCUT2D eigenvalue weighted by Gasteiger charge is 2.12. The summed E-state index contributed by atoms with van der Waals surface area (Å²) in [5.74, 6) is -0.105. The van der Waals surface area contributed by atoms with Crippen LogP contribution in [0.1, 0.15) is 45.9 Å². The first-order chi connectivity index (χ1) is 8.52. The van der Waals surface area contributed by atoms with Gasteiger partial charge in [0.25, 0.3) is 0 Å². The smallest absolute Gasteiger partial charge is 0.306 e. The van der Waals surface area contributed by atoms with Crippen molar-refractivity contribution >= 4 is 22.6 Å². The topological polar surface area (TPSA) is 75.1 Å². The van der Waals surface area contributed by atoms with Gasteiger partial charge >= 0.3 is 5.97 Å². The molecule has 0 aliphatic heterocycles. The molecule has 102 valence electrons. The standard InChI is InChI=1S/C12H21N3O2S/c1-4-10-14-12(18-15-10)13-9(3)7-5-6-8(2)11(16)17/h8-9H,4-7H2,1-3H3,(H,16,17)(H,13,14,15). The number of nitrogens with zero attached hydrogens (tertiary/aromatic N) is 2. The number of nitrogens with one attached hydrogen (secondary N) is 1. The van der Waals surface area contributed by atoms with Gasteiger partial charge in [-0.3, -0.25) is 4.79 Å². The van der Waals surface area contributed by atoms with E-state index in [-0.39, 0.29) is 5.92 Å². The Morgan fingerprint density at radius 2 is 2.17 bits per heavy atom. The second-order valence-electron chi connectivity index (χ2n) is 4.58. The quantitative estimate of drug-likeness (QED) is 0.760. The van der Waals surface area contributed by atoms with Gasteiger partial charge in [-0.15, -0.1) is 0 Å². The molecule has 0 amide bonds. The summed E-state index contributed by atoms with van der Waals surface area (Å²) >= 11 is 1.38. The molecule has 1 aromatic rings. The van der Waals surface area contributed by atoms with Crippen molar-refractivity contribution in [2.45, 2.75) is 52.5 Å². The summed E-state index contributed by atoms with van der Waals surface area (Å²) < 4.78 is 4.21. The van der Waals surface area contributed by atoms with Crippen LogP contribution in [0.25, 0.3) is 0 Å². The van der Waals surface area contributed by atoms with Gasteiger partial charge in [0.2, 0.25) is 5.13 Å². The van der Waals surface area contributed by atoms with E-state index in [1.165, 1.54) is 11.5 Å². The Morgan fingerprint density at radius 3 is 2.72 bits per heavy atom. The predicted octanol–water partition coefficient (Wildman–Crippen LogP) is 2.79. The van der Waals surface area contributed by atoms with Crippen molar-refractivity contribution < 1.29 is 9.90 Å². The van der Waals surface area contributed by atoms with Crippen LogP contribution in [0.5, 0.6) is 0 Å². The first-order valence-corrected chi connectivity index (χ1v) is 7.12. The van der Waals surface area contributed by atoms with Gasteiger partial charge in [-0.2, -0.15) is 4.37 Å². The Hall–Kier alpha value is -1.17. The third-order valence-electron chi connectivity index (χ3n) is 2.85.